The van der Waals surface area contributed by atoms with Gasteiger partial charge < -0.3 is 10.4 Å². The molecule has 0 spiro atoms. The number of halogens is 1. The van der Waals surface area contributed by atoms with Crippen molar-refractivity contribution in [3.05, 3.63) is 24.1 Å². The highest BCUT2D eigenvalue weighted by Crippen LogP contribution is 2.64. The highest BCUT2D eigenvalue weighted by molar-refractivity contribution is 5.92. The second kappa shape index (κ2) is 8.94. The van der Waals surface area contributed by atoms with E-state index in [1.54, 1.807) is 6.07 Å². The minimum atomic E-state index is -0.419. The number of carbonyl (C=O) groups is 1. The topological polar surface area (TPSA) is 62.2 Å². The molecule has 1 amide bonds. The maximum absolute atomic E-state index is 13.2. The summed E-state index contributed by atoms with van der Waals surface area (Å²) in [4.78, 5) is 17.3. The Labute approximate surface area is 198 Å². The van der Waals surface area contributed by atoms with E-state index in [9.17, 15) is 14.3 Å². The van der Waals surface area contributed by atoms with Gasteiger partial charge in [0.15, 0.2) is 0 Å². The van der Waals surface area contributed by atoms with Crippen LogP contribution in [0.2, 0.25) is 0 Å². The highest BCUT2D eigenvalue weighted by atomic mass is 19.1. The number of unbranched alkanes of at least 4 members (excludes halogenated alkanes) is 1. The molecule has 0 aromatic carbocycles. The Bertz CT molecular complexity index is 860. The Morgan fingerprint density at radius 1 is 1.12 bits per heavy atom. The van der Waals surface area contributed by atoms with Crippen molar-refractivity contribution in [2.45, 2.75) is 96.5 Å². The number of hydrogen-bond donors (Lipinski definition) is 2. The summed E-state index contributed by atoms with van der Waals surface area (Å²) in [7, 11) is 0. The Morgan fingerprint density at radius 2 is 1.94 bits per heavy atom. The molecule has 4 aliphatic rings. The number of nitrogens with zero attached hydrogens (tertiary/aromatic N) is 1. The number of rotatable bonds is 5. The number of aromatic nitrogens is 1. The van der Waals surface area contributed by atoms with E-state index in [4.69, 9.17) is 0 Å². The zero-order chi connectivity index (χ0) is 23.2. The minimum absolute atomic E-state index is 0.0125. The predicted molar refractivity (Wildman–Crippen MR) is 128 cm³/mol. The summed E-state index contributed by atoms with van der Waals surface area (Å²) >= 11 is 0. The van der Waals surface area contributed by atoms with Crippen LogP contribution in [0, 0.1) is 46.7 Å². The standard InChI is InChI=1S/C28H41FN2O2/c1-3-4-13-28(33)15-12-20-18(16-28)5-7-22-21(20)11-14-27(2)23(22)8-9-24(27)26(32)31-25-10-6-19(29)17-30-25/h6,10,17-18,20-24,33H,3-5,7-9,11-16H2,1-2H3,(H,30,31,32)/t18-,20+,21-,22-,23+,24-,27+,28-/m1/s1. The molecule has 0 saturated heterocycles. The quantitative estimate of drug-likeness (QED) is 0.543. The Balaban J connectivity index is 1.26. The molecule has 4 nitrogen and oxygen atoms in total. The number of hydrogen-bond acceptors (Lipinski definition) is 3. The summed E-state index contributed by atoms with van der Waals surface area (Å²) in [6.07, 6.45) is 14.6. The van der Waals surface area contributed by atoms with Crippen LogP contribution in [0.1, 0.15) is 90.9 Å². The number of fused-ring (bicyclic) bond motifs is 5. The van der Waals surface area contributed by atoms with Crippen LogP contribution < -0.4 is 5.32 Å². The molecule has 4 saturated carbocycles. The van der Waals surface area contributed by atoms with Gasteiger partial charge in [0.2, 0.25) is 5.91 Å². The van der Waals surface area contributed by atoms with E-state index in [1.807, 2.05) is 0 Å². The van der Waals surface area contributed by atoms with Gasteiger partial charge in [0.1, 0.15) is 11.6 Å². The highest BCUT2D eigenvalue weighted by Gasteiger charge is 2.59. The normalized spacial score (nSPS) is 42.2. The lowest BCUT2D eigenvalue weighted by atomic mass is 9.49. The first-order chi connectivity index (χ1) is 15.8. The molecule has 0 radical (unpaired) electrons. The van der Waals surface area contributed by atoms with E-state index < -0.39 is 5.60 Å². The van der Waals surface area contributed by atoms with Gasteiger partial charge in [0.05, 0.1) is 11.8 Å². The van der Waals surface area contributed by atoms with Gasteiger partial charge in [0.25, 0.3) is 0 Å². The van der Waals surface area contributed by atoms with Gasteiger partial charge in [-0.15, -0.1) is 0 Å². The first-order valence-electron chi connectivity index (χ1n) is 13.5. The first kappa shape index (κ1) is 23.3. The van der Waals surface area contributed by atoms with Crippen molar-refractivity contribution < 1.29 is 14.3 Å². The van der Waals surface area contributed by atoms with Crippen LogP contribution in [0.5, 0.6) is 0 Å². The summed E-state index contributed by atoms with van der Waals surface area (Å²) in [6, 6.07) is 2.89. The van der Waals surface area contributed by atoms with E-state index >= 15 is 0 Å². The Kier molecular flexibility index (Phi) is 6.30. The molecule has 5 rings (SSSR count). The van der Waals surface area contributed by atoms with Crippen molar-refractivity contribution in [2.75, 3.05) is 5.32 Å². The van der Waals surface area contributed by atoms with Crippen molar-refractivity contribution in [3.8, 4) is 0 Å². The lowest BCUT2D eigenvalue weighted by Crippen LogP contribution is -2.51. The molecule has 4 aliphatic carbocycles. The van der Waals surface area contributed by atoms with Crippen molar-refractivity contribution in [1.29, 1.82) is 0 Å². The fraction of sp³-hybridized carbons (Fsp3) is 0.786. The van der Waals surface area contributed by atoms with Crippen LogP contribution in [0.3, 0.4) is 0 Å². The molecule has 33 heavy (non-hydrogen) atoms. The molecular weight excluding hydrogens is 415 g/mol. The van der Waals surface area contributed by atoms with Crippen molar-refractivity contribution in [3.63, 3.8) is 0 Å². The molecule has 4 fully saturated rings. The molecule has 1 aromatic rings. The second-order valence-corrected chi connectivity index (χ2v) is 12.0. The van der Waals surface area contributed by atoms with Crippen LogP contribution in [-0.4, -0.2) is 21.6 Å². The van der Waals surface area contributed by atoms with Gasteiger partial charge in [0, 0.05) is 5.92 Å². The van der Waals surface area contributed by atoms with Gasteiger partial charge in [-0.05, 0) is 111 Å². The van der Waals surface area contributed by atoms with E-state index in [2.05, 4.69) is 24.1 Å². The van der Waals surface area contributed by atoms with Gasteiger partial charge in [-0.1, -0.05) is 26.7 Å². The average Bonchev–Trinajstić information content (AvgIpc) is 3.16. The summed E-state index contributed by atoms with van der Waals surface area (Å²) in [5, 5.41) is 14.2. The van der Waals surface area contributed by atoms with Gasteiger partial charge in [-0.25, -0.2) is 9.37 Å². The average molecular weight is 457 g/mol. The van der Waals surface area contributed by atoms with Crippen LogP contribution in [0.15, 0.2) is 18.3 Å². The van der Waals surface area contributed by atoms with Gasteiger partial charge in [-0.3, -0.25) is 4.79 Å². The van der Waals surface area contributed by atoms with Crippen LogP contribution in [0.4, 0.5) is 10.2 Å². The number of anilines is 1. The van der Waals surface area contributed by atoms with Crippen molar-refractivity contribution in [1.82, 2.24) is 4.98 Å². The molecule has 5 heteroatoms. The number of pyridine rings is 1. The molecule has 0 bridgehead atoms. The fourth-order valence-corrected chi connectivity index (χ4v) is 8.79. The third-order valence-corrected chi connectivity index (χ3v) is 10.4. The Morgan fingerprint density at radius 3 is 2.70 bits per heavy atom. The van der Waals surface area contributed by atoms with Crippen LogP contribution in [-0.2, 0) is 4.79 Å². The zero-order valence-corrected chi connectivity index (χ0v) is 20.4. The summed E-state index contributed by atoms with van der Waals surface area (Å²) < 4.78 is 13.2. The van der Waals surface area contributed by atoms with Crippen LogP contribution >= 0.6 is 0 Å². The minimum Gasteiger partial charge on any atom is -0.390 e. The maximum Gasteiger partial charge on any atom is 0.229 e. The third kappa shape index (κ3) is 4.24. The SMILES string of the molecule is CCCC[C@@]1(O)CC[C@H]2[C@H](CC[C@@H]3[C@@H]2CC[C@]2(C)[C@@H](C(=O)Nc4ccc(F)cn4)CC[C@@H]32)C1. The monoisotopic (exact) mass is 456 g/mol. The van der Waals surface area contributed by atoms with Gasteiger partial charge in [-0.2, -0.15) is 0 Å². The molecule has 2 N–H and O–H groups in total. The molecule has 8 atom stereocenters. The largest absolute Gasteiger partial charge is 0.390 e. The van der Waals surface area contributed by atoms with E-state index in [1.165, 1.54) is 31.7 Å². The number of carbonyl (C=O) groups excluding carboxylic acids is 1. The molecule has 0 unspecified atom stereocenters. The molecule has 1 heterocycles. The van der Waals surface area contributed by atoms with E-state index in [0.29, 0.717) is 17.7 Å². The zero-order valence-electron chi connectivity index (χ0n) is 20.4. The molecular formula is C28H41FN2O2. The fourth-order valence-electron chi connectivity index (χ4n) is 8.79. The summed E-state index contributed by atoms with van der Waals surface area (Å²) in [5.74, 6) is 3.72. The smallest absolute Gasteiger partial charge is 0.229 e. The third-order valence-electron chi connectivity index (χ3n) is 10.4. The lowest BCUT2D eigenvalue weighted by Gasteiger charge is -2.57. The molecule has 182 valence electrons. The maximum atomic E-state index is 13.2. The second-order valence-electron chi connectivity index (χ2n) is 12.0. The van der Waals surface area contributed by atoms with E-state index in [-0.39, 0.29) is 23.1 Å². The number of nitrogens with one attached hydrogen (secondary N) is 1. The van der Waals surface area contributed by atoms with Crippen LogP contribution in [0.25, 0.3) is 0 Å². The predicted octanol–water partition coefficient (Wildman–Crippen LogP) is 6.35. The number of aliphatic hydroxyl groups is 1. The summed E-state index contributed by atoms with van der Waals surface area (Å²) in [6.45, 7) is 4.57. The van der Waals surface area contributed by atoms with Crippen molar-refractivity contribution >= 4 is 11.7 Å². The van der Waals surface area contributed by atoms with E-state index in [0.717, 1.165) is 75.3 Å². The van der Waals surface area contributed by atoms with Crippen molar-refractivity contribution in [2.24, 2.45) is 40.9 Å². The molecule has 0 aliphatic heterocycles. The first-order valence-corrected chi connectivity index (χ1v) is 13.5. The number of amides is 1. The lowest BCUT2D eigenvalue weighted by molar-refractivity contribution is -0.130. The summed E-state index contributed by atoms with van der Waals surface area (Å²) in [5.41, 5.74) is -0.368. The molecule has 1 aromatic heterocycles. The Hall–Kier alpha value is -1.49. The van der Waals surface area contributed by atoms with Gasteiger partial charge >= 0.3 is 0 Å².